The second-order valence-corrected chi connectivity index (χ2v) is 5.48. The van der Waals surface area contributed by atoms with Gasteiger partial charge in [-0.15, -0.1) is 0 Å². The zero-order valence-electron chi connectivity index (χ0n) is 13.4. The van der Waals surface area contributed by atoms with Crippen molar-refractivity contribution in [1.29, 1.82) is 0 Å². The van der Waals surface area contributed by atoms with E-state index in [-0.39, 0.29) is 18.1 Å². The van der Waals surface area contributed by atoms with Gasteiger partial charge in [0.2, 0.25) is 0 Å². The average Bonchev–Trinajstić information content (AvgIpc) is 2.47. The normalized spacial score (nSPS) is 10.3. The van der Waals surface area contributed by atoms with Gasteiger partial charge >= 0.3 is 12.0 Å². The van der Waals surface area contributed by atoms with Crippen LogP contribution in [0.25, 0.3) is 0 Å². The van der Waals surface area contributed by atoms with E-state index in [1.54, 1.807) is 38.1 Å². The molecule has 0 fully saturated rings. The van der Waals surface area contributed by atoms with Gasteiger partial charge in [0.05, 0.1) is 11.7 Å². The number of hydrogen-bond acceptors (Lipinski definition) is 3. The van der Waals surface area contributed by atoms with Crippen LogP contribution in [0, 0.1) is 6.92 Å². The lowest BCUT2D eigenvalue weighted by atomic mass is 10.2. The Morgan fingerprint density at radius 2 is 1.61 bits per heavy atom. The first-order valence-electron chi connectivity index (χ1n) is 7.40. The highest BCUT2D eigenvalue weighted by molar-refractivity contribution is 6.00. The minimum atomic E-state index is -0.379. The van der Waals surface area contributed by atoms with Gasteiger partial charge in [-0.25, -0.2) is 9.59 Å². The third-order valence-electron chi connectivity index (χ3n) is 3.00. The number of rotatable bonds is 4. The molecule has 0 aliphatic carbocycles. The first-order chi connectivity index (χ1) is 10.9. The van der Waals surface area contributed by atoms with Crippen LogP contribution >= 0.6 is 0 Å². The van der Waals surface area contributed by atoms with E-state index < -0.39 is 0 Å². The van der Waals surface area contributed by atoms with E-state index in [1.807, 2.05) is 31.2 Å². The molecular formula is C18H20N2O3. The fourth-order valence-corrected chi connectivity index (χ4v) is 1.99. The summed E-state index contributed by atoms with van der Waals surface area (Å²) in [6.45, 7) is 5.55. The monoisotopic (exact) mass is 312 g/mol. The molecule has 0 aliphatic heterocycles. The smallest absolute Gasteiger partial charge is 0.338 e. The molecule has 0 aliphatic rings. The van der Waals surface area contributed by atoms with Gasteiger partial charge in [0, 0.05) is 11.4 Å². The topological polar surface area (TPSA) is 67.4 Å². The molecule has 23 heavy (non-hydrogen) atoms. The minimum absolute atomic E-state index is 0.166. The van der Waals surface area contributed by atoms with E-state index in [0.717, 1.165) is 11.3 Å². The van der Waals surface area contributed by atoms with Crippen molar-refractivity contribution in [3.63, 3.8) is 0 Å². The largest absolute Gasteiger partial charge is 0.459 e. The molecule has 0 bridgehead atoms. The van der Waals surface area contributed by atoms with E-state index in [0.29, 0.717) is 11.3 Å². The van der Waals surface area contributed by atoms with Crippen molar-refractivity contribution < 1.29 is 14.3 Å². The number of carbonyl (C=O) groups excluding carboxylic acids is 2. The molecule has 2 N–H and O–H groups in total. The van der Waals surface area contributed by atoms with Crippen molar-refractivity contribution in [1.82, 2.24) is 0 Å². The zero-order valence-corrected chi connectivity index (χ0v) is 13.4. The molecule has 2 aromatic carbocycles. The van der Waals surface area contributed by atoms with Crippen LogP contribution in [0.3, 0.4) is 0 Å². The summed E-state index contributed by atoms with van der Waals surface area (Å²) >= 11 is 0. The maximum Gasteiger partial charge on any atom is 0.338 e. The summed E-state index contributed by atoms with van der Waals surface area (Å²) in [4.78, 5) is 23.7. The molecular weight excluding hydrogens is 292 g/mol. The lowest BCUT2D eigenvalue weighted by Crippen LogP contribution is -2.19. The fourth-order valence-electron chi connectivity index (χ4n) is 1.99. The van der Waals surface area contributed by atoms with Gasteiger partial charge in [-0.2, -0.15) is 0 Å². The molecule has 2 rings (SSSR count). The molecule has 0 heterocycles. The summed E-state index contributed by atoms with van der Waals surface area (Å²) < 4.78 is 5.11. The highest BCUT2D eigenvalue weighted by atomic mass is 16.5. The highest BCUT2D eigenvalue weighted by Gasteiger charge is 2.09. The van der Waals surface area contributed by atoms with Crippen LogP contribution in [-0.4, -0.2) is 18.1 Å². The Kier molecular flexibility index (Phi) is 5.36. The van der Waals surface area contributed by atoms with Gasteiger partial charge < -0.3 is 15.4 Å². The molecule has 0 saturated carbocycles. The summed E-state index contributed by atoms with van der Waals surface area (Å²) in [5.41, 5.74) is 2.83. The Labute approximate surface area is 135 Å². The summed E-state index contributed by atoms with van der Waals surface area (Å²) in [5, 5.41) is 5.47. The maximum atomic E-state index is 11.9. The van der Waals surface area contributed by atoms with Gasteiger partial charge in [0.15, 0.2) is 0 Å². The van der Waals surface area contributed by atoms with Crippen LogP contribution < -0.4 is 10.6 Å². The molecule has 0 unspecified atom stereocenters. The molecule has 5 nitrogen and oxygen atoms in total. The Morgan fingerprint density at radius 1 is 0.957 bits per heavy atom. The summed E-state index contributed by atoms with van der Waals surface area (Å²) in [7, 11) is 0. The van der Waals surface area contributed by atoms with E-state index in [1.165, 1.54) is 0 Å². The summed E-state index contributed by atoms with van der Waals surface area (Å²) in [6, 6.07) is 13.7. The molecule has 120 valence electrons. The van der Waals surface area contributed by atoms with Gasteiger partial charge in [0.1, 0.15) is 0 Å². The average molecular weight is 312 g/mol. The minimum Gasteiger partial charge on any atom is -0.459 e. The predicted octanol–water partition coefficient (Wildman–Crippen LogP) is 4.20. The Morgan fingerprint density at radius 3 is 2.22 bits per heavy atom. The van der Waals surface area contributed by atoms with Crippen molar-refractivity contribution in [2.75, 3.05) is 10.6 Å². The van der Waals surface area contributed by atoms with Crippen molar-refractivity contribution in [3.05, 3.63) is 59.7 Å². The number of benzene rings is 2. The second kappa shape index (κ2) is 7.45. The van der Waals surface area contributed by atoms with Crippen LogP contribution in [0.2, 0.25) is 0 Å². The quantitative estimate of drug-likeness (QED) is 0.831. The number of esters is 1. The summed E-state index contributed by atoms with van der Waals surface area (Å²) in [6.07, 6.45) is -0.166. The number of amides is 2. The van der Waals surface area contributed by atoms with Gasteiger partial charge in [0.25, 0.3) is 0 Å². The summed E-state index contributed by atoms with van der Waals surface area (Å²) in [5.74, 6) is -0.379. The van der Waals surface area contributed by atoms with Crippen molar-refractivity contribution in [2.45, 2.75) is 26.9 Å². The number of anilines is 2. The lowest BCUT2D eigenvalue weighted by Gasteiger charge is -2.10. The Balaban J connectivity index is 1.95. The van der Waals surface area contributed by atoms with Crippen molar-refractivity contribution in [2.24, 2.45) is 0 Å². The van der Waals surface area contributed by atoms with Crippen LogP contribution in [0.1, 0.15) is 29.8 Å². The second-order valence-electron chi connectivity index (χ2n) is 5.48. The Hall–Kier alpha value is -2.82. The predicted molar refractivity (Wildman–Crippen MR) is 90.8 cm³/mol. The molecule has 0 radical (unpaired) electrons. The van der Waals surface area contributed by atoms with Gasteiger partial charge in [-0.3, -0.25) is 0 Å². The molecule has 0 saturated heterocycles. The van der Waals surface area contributed by atoms with Crippen LogP contribution in [0.4, 0.5) is 16.2 Å². The van der Waals surface area contributed by atoms with E-state index in [9.17, 15) is 9.59 Å². The molecule has 2 amide bonds. The standard InChI is InChI=1S/C18H20N2O3/c1-12(2)23-17(21)14-7-9-15(10-8-14)19-18(22)20-16-6-4-5-13(3)11-16/h4-12H,1-3H3,(H2,19,20,22). The van der Waals surface area contributed by atoms with E-state index >= 15 is 0 Å². The fraction of sp³-hybridized carbons (Fsp3) is 0.222. The number of urea groups is 1. The number of hydrogen-bond donors (Lipinski definition) is 2. The molecule has 0 spiro atoms. The highest BCUT2D eigenvalue weighted by Crippen LogP contribution is 2.13. The molecule has 0 atom stereocenters. The molecule has 5 heteroatoms. The first-order valence-corrected chi connectivity index (χ1v) is 7.40. The van der Waals surface area contributed by atoms with Crippen LogP contribution in [0.15, 0.2) is 48.5 Å². The molecule has 0 aromatic heterocycles. The van der Waals surface area contributed by atoms with Crippen LogP contribution in [-0.2, 0) is 4.74 Å². The third-order valence-corrected chi connectivity index (χ3v) is 3.00. The van der Waals surface area contributed by atoms with Crippen molar-refractivity contribution >= 4 is 23.4 Å². The number of aryl methyl sites for hydroxylation is 1. The third kappa shape index (κ3) is 5.14. The maximum absolute atomic E-state index is 11.9. The zero-order chi connectivity index (χ0) is 16.8. The van der Waals surface area contributed by atoms with Crippen LogP contribution in [0.5, 0.6) is 0 Å². The van der Waals surface area contributed by atoms with Gasteiger partial charge in [-0.05, 0) is 62.7 Å². The van der Waals surface area contributed by atoms with Gasteiger partial charge in [-0.1, -0.05) is 12.1 Å². The number of nitrogens with one attached hydrogen (secondary N) is 2. The first kappa shape index (κ1) is 16.5. The van der Waals surface area contributed by atoms with E-state index in [4.69, 9.17) is 4.74 Å². The number of ether oxygens (including phenoxy) is 1. The van der Waals surface area contributed by atoms with E-state index in [2.05, 4.69) is 10.6 Å². The SMILES string of the molecule is Cc1cccc(NC(=O)Nc2ccc(C(=O)OC(C)C)cc2)c1. The number of carbonyl (C=O) groups is 2. The molecule has 2 aromatic rings. The Bertz CT molecular complexity index is 694. The lowest BCUT2D eigenvalue weighted by molar-refractivity contribution is 0.0378. The van der Waals surface area contributed by atoms with Crippen molar-refractivity contribution in [3.8, 4) is 0 Å².